The molecule has 3 aromatic rings. The van der Waals surface area contributed by atoms with Crippen molar-refractivity contribution in [2.45, 2.75) is 26.3 Å². The third-order valence-electron chi connectivity index (χ3n) is 5.79. The van der Waals surface area contributed by atoms with E-state index in [2.05, 4.69) is 5.10 Å². The summed E-state index contributed by atoms with van der Waals surface area (Å²) in [6, 6.07) is 10.1. The van der Waals surface area contributed by atoms with Crippen LogP contribution in [-0.4, -0.2) is 44.8 Å². The number of carbonyl (C=O) groups is 2. The molecule has 0 saturated heterocycles. The molecule has 1 aromatic heterocycles. The molecular weight excluding hydrogens is 437 g/mol. The van der Waals surface area contributed by atoms with Crippen LogP contribution in [-0.2, 0) is 36.0 Å². The number of benzene rings is 2. The minimum absolute atomic E-state index is 0.133. The number of carbonyl (C=O) groups excluding carboxylic acids is 1. The van der Waals surface area contributed by atoms with E-state index in [1.54, 1.807) is 53.2 Å². The molecule has 2 aromatic carbocycles. The molecule has 8 heteroatoms. The third kappa shape index (κ3) is 5.01. The largest absolute Gasteiger partial charge is 0.493 e. The highest BCUT2D eigenvalue weighted by Crippen LogP contribution is 2.38. The van der Waals surface area contributed by atoms with Gasteiger partial charge in [-0.2, -0.15) is 5.10 Å². The first-order valence-corrected chi connectivity index (χ1v) is 11.1. The molecule has 1 amide bonds. The second-order valence-electron chi connectivity index (χ2n) is 8.14. The number of carboxylic acid groups (broad SMARTS) is 1. The van der Waals surface area contributed by atoms with Gasteiger partial charge in [0.05, 0.1) is 18.7 Å². The Bertz CT molecular complexity index is 1260. The molecule has 34 heavy (non-hydrogen) atoms. The number of fused-ring (bicyclic) bond motifs is 1. The fourth-order valence-electron chi connectivity index (χ4n) is 4.21. The Kier molecular flexibility index (Phi) is 6.77. The van der Waals surface area contributed by atoms with Gasteiger partial charge >= 0.3 is 5.97 Å². The SMILES string of the molecule is CCOc1ccc(CC(=O)O)cc1-c1ccc(F)c2c1CN(C(=O)C=Cc1ccn(C)n1)CC2. The standard InChI is InChI=1S/C26H26FN3O4/c1-3-34-24-8-4-17(15-26(32)33)14-21(24)19-6-7-23(27)20-11-13-30(16-22(19)20)25(31)9-5-18-10-12-29(2)28-18/h4-10,12,14H,3,11,13,15-16H2,1-2H3,(H,32,33). The Morgan fingerprint density at radius 1 is 1.18 bits per heavy atom. The molecule has 0 unspecified atom stereocenters. The number of aromatic nitrogens is 2. The molecule has 0 aliphatic carbocycles. The summed E-state index contributed by atoms with van der Waals surface area (Å²) in [7, 11) is 1.80. The van der Waals surface area contributed by atoms with Crippen molar-refractivity contribution in [1.82, 2.24) is 14.7 Å². The van der Waals surface area contributed by atoms with E-state index in [0.29, 0.717) is 53.3 Å². The van der Waals surface area contributed by atoms with E-state index in [1.165, 1.54) is 12.1 Å². The zero-order valence-corrected chi connectivity index (χ0v) is 19.1. The average Bonchev–Trinajstić information content (AvgIpc) is 3.23. The van der Waals surface area contributed by atoms with E-state index >= 15 is 0 Å². The summed E-state index contributed by atoms with van der Waals surface area (Å²) < 4.78 is 22.2. The molecule has 7 nitrogen and oxygen atoms in total. The van der Waals surface area contributed by atoms with Crippen molar-refractivity contribution in [3.05, 3.63) is 76.9 Å². The lowest BCUT2D eigenvalue weighted by atomic mass is 9.89. The topological polar surface area (TPSA) is 84.7 Å². The van der Waals surface area contributed by atoms with Gasteiger partial charge in [-0.25, -0.2) is 4.39 Å². The number of carboxylic acids is 1. The molecule has 0 atom stereocenters. The van der Waals surface area contributed by atoms with Gasteiger partial charge in [0.2, 0.25) is 5.91 Å². The van der Waals surface area contributed by atoms with Gasteiger partial charge in [-0.3, -0.25) is 14.3 Å². The number of rotatable bonds is 7. The lowest BCUT2D eigenvalue weighted by Crippen LogP contribution is -2.35. The van der Waals surface area contributed by atoms with Crippen molar-refractivity contribution in [1.29, 1.82) is 0 Å². The fourth-order valence-corrected chi connectivity index (χ4v) is 4.21. The number of halogens is 1. The first kappa shape index (κ1) is 23.2. The van der Waals surface area contributed by atoms with Crippen molar-refractivity contribution >= 4 is 18.0 Å². The Balaban J connectivity index is 1.69. The van der Waals surface area contributed by atoms with Crippen LogP contribution in [0.1, 0.15) is 29.3 Å². The number of aliphatic carboxylic acids is 1. The van der Waals surface area contributed by atoms with Crippen LogP contribution in [0, 0.1) is 5.82 Å². The normalized spacial score (nSPS) is 13.2. The molecule has 0 fully saturated rings. The van der Waals surface area contributed by atoms with Gasteiger partial charge in [0, 0.05) is 38.0 Å². The second-order valence-corrected chi connectivity index (χ2v) is 8.14. The van der Waals surface area contributed by atoms with Crippen LogP contribution in [0.25, 0.3) is 17.2 Å². The summed E-state index contributed by atoms with van der Waals surface area (Å²) in [5.41, 5.74) is 4.00. The average molecular weight is 464 g/mol. The Labute approximate surface area is 197 Å². The van der Waals surface area contributed by atoms with Crippen LogP contribution in [0.15, 0.2) is 48.7 Å². The molecular formula is C26H26FN3O4. The highest BCUT2D eigenvalue weighted by molar-refractivity contribution is 5.92. The molecule has 2 heterocycles. The van der Waals surface area contributed by atoms with E-state index in [4.69, 9.17) is 4.74 Å². The first-order chi connectivity index (χ1) is 16.4. The lowest BCUT2D eigenvalue weighted by Gasteiger charge is -2.30. The number of hydrogen-bond donors (Lipinski definition) is 1. The minimum atomic E-state index is -0.937. The maximum absolute atomic E-state index is 14.7. The number of aryl methyl sites for hydroxylation is 1. The molecule has 0 radical (unpaired) electrons. The van der Waals surface area contributed by atoms with Crippen LogP contribution in [0.2, 0.25) is 0 Å². The molecule has 1 N–H and O–H groups in total. The van der Waals surface area contributed by atoms with Crippen LogP contribution in [0.3, 0.4) is 0 Å². The number of ether oxygens (including phenoxy) is 1. The zero-order chi connectivity index (χ0) is 24.2. The van der Waals surface area contributed by atoms with Crippen molar-refractivity contribution < 1.29 is 23.8 Å². The van der Waals surface area contributed by atoms with Gasteiger partial charge in [0.1, 0.15) is 11.6 Å². The molecule has 4 rings (SSSR count). The van der Waals surface area contributed by atoms with Gasteiger partial charge in [0.15, 0.2) is 0 Å². The fraction of sp³-hybridized carbons (Fsp3) is 0.269. The Morgan fingerprint density at radius 3 is 2.71 bits per heavy atom. The molecule has 176 valence electrons. The van der Waals surface area contributed by atoms with Crippen LogP contribution in [0.5, 0.6) is 5.75 Å². The minimum Gasteiger partial charge on any atom is -0.493 e. The highest BCUT2D eigenvalue weighted by atomic mass is 19.1. The number of amides is 1. The monoisotopic (exact) mass is 463 g/mol. The first-order valence-electron chi connectivity index (χ1n) is 11.1. The van der Waals surface area contributed by atoms with E-state index in [-0.39, 0.29) is 24.7 Å². The maximum Gasteiger partial charge on any atom is 0.307 e. The van der Waals surface area contributed by atoms with Gasteiger partial charge < -0.3 is 14.7 Å². The summed E-state index contributed by atoms with van der Waals surface area (Å²) in [5.74, 6) is -0.845. The summed E-state index contributed by atoms with van der Waals surface area (Å²) in [6.07, 6.45) is 5.19. The van der Waals surface area contributed by atoms with Gasteiger partial charge in [0.25, 0.3) is 0 Å². The van der Waals surface area contributed by atoms with Crippen molar-refractivity contribution in [3.8, 4) is 16.9 Å². The van der Waals surface area contributed by atoms with Crippen molar-refractivity contribution in [2.75, 3.05) is 13.2 Å². The predicted octanol–water partition coefficient (Wildman–Crippen LogP) is 3.85. The van der Waals surface area contributed by atoms with E-state index in [0.717, 1.165) is 5.56 Å². The van der Waals surface area contributed by atoms with Gasteiger partial charge in [-0.05, 0) is 65.9 Å². The predicted molar refractivity (Wildman–Crippen MR) is 126 cm³/mol. The van der Waals surface area contributed by atoms with Gasteiger partial charge in [-0.15, -0.1) is 0 Å². The molecule has 0 saturated carbocycles. The quantitative estimate of drug-likeness (QED) is 0.538. The smallest absolute Gasteiger partial charge is 0.307 e. The summed E-state index contributed by atoms with van der Waals surface area (Å²) in [4.78, 5) is 25.8. The molecule has 0 spiro atoms. The van der Waals surface area contributed by atoms with Crippen LogP contribution in [0.4, 0.5) is 4.39 Å². The second kappa shape index (κ2) is 9.91. The van der Waals surface area contributed by atoms with Crippen molar-refractivity contribution in [3.63, 3.8) is 0 Å². The molecule has 1 aliphatic rings. The zero-order valence-electron chi connectivity index (χ0n) is 19.1. The van der Waals surface area contributed by atoms with Crippen molar-refractivity contribution in [2.24, 2.45) is 7.05 Å². The van der Waals surface area contributed by atoms with E-state index in [9.17, 15) is 19.1 Å². The van der Waals surface area contributed by atoms with Gasteiger partial charge in [-0.1, -0.05) is 12.1 Å². The Hall–Kier alpha value is -3.94. The Morgan fingerprint density at radius 2 is 2.00 bits per heavy atom. The highest BCUT2D eigenvalue weighted by Gasteiger charge is 2.26. The summed E-state index contributed by atoms with van der Waals surface area (Å²) >= 11 is 0. The third-order valence-corrected chi connectivity index (χ3v) is 5.79. The molecule has 0 bridgehead atoms. The molecule has 1 aliphatic heterocycles. The van der Waals surface area contributed by atoms with E-state index in [1.807, 2.05) is 13.0 Å². The maximum atomic E-state index is 14.7. The summed E-state index contributed by atoms with van der Waals surface area (Å²) in [5, 5.41) is 13.5. The number of nitrogens with zero attached hydrogens (tertiary/aromatic N) is 3. The van der Waals surface area contributed by atoms with E-state index < -0.39 is 5.97 Å². The summed E-state index contributed by atoms with van der Waals surface area (Å²) in [6.45, 7) is 2.93. The number of hydrogen-bond acceptors (Lipinski definition) is 4. The van der Waals surface area contributed by atoms with Crippen LogP contribution < -0.4 is 4.74 Å². The van der Waals surface area contributed by atoms with Crippen LogP contribution >= 0.6 is 0 Å². The lowest BCUT2D eigenvalue weighted by molar-refractivity contribution is -0.136.